The van der Waals surface area contributed by atoms with Gasteiger partial charge in [-0.1, -0.05) is 36.0 Å². The van der Waals surface area contributed by atoms with Gasteiger partial charge in [-0.25, -0.2) is 9.37 Å². The number of rotatable bonds is 7. The third-order valence-electron chi connectivity index (χ3n) is 2.86. The molecule has 1 amide bonds. The van der Waals surface area contributed by atoms with Crippen molar-refractivity contribution in [3.63, 3.8) is 0 Å². The molecule has 7 heteroatoms. The molecule has 120 valence electrons. The number of hydrogen-bond donors (Lipinski definition) is 2. The number of carbonyl (C=O) groups is 1. The van der Waals surface area contributed by atoms with Crippen molar-refractivity contribution in [3.8, 4) is 0 Å². The van der Waals surface area contributed by atoms with Crippen LogP contribution in [0.2, 0.25) is 0 Å². The van der Waals surface area contributed by atoms with Gasteiger partial charge < -0.3 is 5.32 Å². The normalized spacial score (nSPS) is 12.3. The molecule has 0 spiro atoms. The van der Waals surface area contributed by atoms with E-state index < -0.39 is 0 Å². The minimum Gasteiger partial charge on any atom is -0.352 e. The summed E-state index contributed by atoms with van der Waals surface area (Å²) in [5.41, 5.74) is 0.856. The molecule has 0 saturated heterocycles. The minimum absolute atomic E-state index is 0.0943. The van der Waals surface area contributed by atoms with Crippen molar-refractivity contribution in [2.45, 2.75) is 17.3 Å². The Labute approximate surface area is 138 Å². The van der Waals surface area contributed by atoms with Gasteiger partial charge in [0.25, 0.3) is 0 Å². The van der Waals surface area contributed by atoms with Crippen molar-refractivity contribution >= 4 is 29.8 Å². The van der Waals surface area contributed by atoms with E-state index in [9.17, 15) is 9.18 Å². The number of amides is 1. The maximum absolute atomic E-state index is 12.8. The number of aromatic amines is 1. The zero-order chi connectivity index (χ0) is 16.7. The lowest BCUT2D eigenvalue weighted by molar-refractivity contribution is -0.120. The van der Waals surface area contributed by atoms with Crippen LogP contribution in [-0.4, -0.2) is 32.9 Å². The highest BCUT2D eigenvalue weighted by atomic mass is 32.2. The molecule has 2 N–H and O–H groups in total. The van der Waals surface area contributed by atoms with Crippen LogP contribution in [0, 0.1) is 5.82 Å². The molecule has 2 rings (SSSR count). The number of benzene rings is 1. The lowest BCUT2D eigenvalue weighted by Crippen LogP contribution is -2.30. The molecule has 0 bridgehead atoms. The first-order chi connectivity index (χ1) is 11.1. The average Bonchev–Trinajstić information content (AvgIpc) is 2.99. The number of thioether (sulfide) groups is 1. The van der Waals surface area contributed by atoms with Crippen LogP contribution in [0.25, 0.3) is 12.2 Å². The second-order valence-corrected chi connectivity index (χ2v) is 5.99. The second-order valence-electron chi connectivity index (χ2n) is 4.68. The van der Waals surface area contributed by atoms with E-state index in [1.165, 1.54) is 23.9 Å². The molecule has 1 aromatic carbocycles. The summed E-state index contributed by atoms with van der Waals surface area (Å²) in [4.78, 5) is 16.0. The van der Waals surface area contributed by atoms with Gasteiger partial charge in [-0.15, -0.1) is 11.7 Å². The van der Waals surface area contributed by atoms with E-state index in [0.717, 1.165) is 5.56 Å². The van der Waals surface area contributed by atoms with Gasteiger partial charge in [0.15, 0.2) is 0 Å². The third-order valence-corrected chi connectivity index (χ3v) is 3.82. The Morgan fingerprint density at radius 1 is 1.43 bits per heavy atom. The zero-order valence-electron chi connectivity index (χ0n) is 12.6. The molecule has 23 heavy (non-hydrogen) atoms. The van der Waals surface area contributed by atoms with Gasteiger partial charge in [-0.2, -0.15) is 0 Å². The van der Waals surface area contributed by atoms with E-state index in [0.29, 0.717) is 17.5 Å². The molecule has 5 nitrogen and oxygen atoms in total. The molecule has 0 aliphatic rings. The highest BCUT2D eigenvalue weighted by Gasteiger charge is 2.15. The van der Waals surface area contributed by atoms with Gasteiger partial charge in [0.2, 0.25) is 11.1 Å². The summed E-state index contributed by atoms with van der Waals surface area (Å²) in [6, 6.07) is 6.13. The number of carbonyl (C=O) groups excluding carboxylic acids is 1. The van der Waals surface area contributed by atoms with Gasteiger partial charge in [0.05, 0.1) is 5.25 Å². The molecule has 2 aromatic rings. The van der Waals surface area contributed by atoms with Crippen molar-refractivity contribution in [2.75, 3.05) is 6.54 Å². The molecule has 0 fully saturated rings. The minimum atomic E-state index is -0.306. The van der Waals surface area contributed by atoms with E-state index in [2.05, 4.69) is 27.1 Å². The Morgan fingerprint density at radius 2 is 2.17 bits per heavy atom. The summed E-state index contributed by atoms with van der Waals surface area (Å²) in [7, 11) is 0. The van der Waals surface area contributed by atoms with Crippen LogP contribution in [0.1, 0.15) is 18.3 Å². The maximum Gasteiger partial charge on any atom is 0.233 e. The van der Waals surface area contributed by atoms with Crippen molar-refractivity contribution in [1.29, 1.82) is 0 Å². The first-order valence-corrected chi connectivity index (χ1v) is 7.88. The van der Waals surface area contributed by atoms with Crippen LogP contribution in [0.3, 0.4) is 0 Å². The number of H-pyrrole nitrogens is 1. The summed E-state index contributed by atoms with van der Waals surface area (Å²) < 4.78 is 12.8. The Kier molecular flexibility index (Phi) is 6.10. The second kappa shape index (κ2) is 8.28. The average molecular weight is 332 g/mol. The number of nitrogens with one attached hydrogen (secondary N) is 2. The number of halogens is 1. The van der Waals surface area contributed by atoms with E-state index in [1.54, 1.807) is 37.3 Å². The van der Waals surface area contributed by atoms with Crippen LogP contribution in [0.15, 0.2) is 42.1 Å². The van der Waals surface area contributed by atoms with E-state index in [1.807, 2.05) is 0 Å². The summed E-state index contributed by atoms with van der Waals surface area (Å²) in [5.74, 6) is 0.197. The first kappa shape index (κ1) is 17.0. The fourth-order valence-electron chi connectivity index (χ4n) is 1.66. The summed E-state index contributed by atoms with van der Waals surface area (Å²) >= 11 is 1.26. The zero-order valence-corrected chi connectivity index (χ0v) is 13.4. The SMILES string of the molecule is C=CCNC(=O)C(C)Sc1n[nH]c(/C=C/c2ccc(F)cc2)n1. The summed E-state index contributed by atoms with van der Waals surface area (Å²) in [5, 5.41) is 9.75. The Balaban J connectivity index is 1.93. The predicted octanol–water partition coefficient (Wildman–Crippen LogP) is 2.90. The predicted molar refractivity (Wildman–Crippen MR) is 90.2 cm³/mol. The standard InChI is InChI=1S/C16H17FN4OS/c1-3-10-18-15(22)11(2)23-16-19-14(20-21-16)9-6-12-4-7-13(17)8-5-12/h3-9,11H,1,10H2,2H3,(H,18,22)(H,19,20,21)/b9-6+. The van der Waals surface area contributed by atoms with Crippen molar-refractivity contribution < 1.29 is 9.18 Å². The number of nitrogens with zero attached hydrogens (tertiary/aromatic N) is 2. The van der Waals surface area contributed by atoms with Crippen LogP contribution < -0.4 is 5.32 Å². The Bertz CT molecular complexity index is 696. The molecule has 0 aliphatic heterocycles. The maximum atomic E-state index is 12.8. The van der Waals surface area contributed by atoms with Crippen LogP contribution in [0.5, 0.6) is 0 Å². The molecule has 0 saturated carbocycles. The summed E-state index contributed by atoms with van der Waals surface area (Å²) in [6.07, 6.45) is 5.17. The van der Waals surface area contributed by atoms with Crippen LogP contribution >= 0.6 is 11.8 Å². The monoisotopic (exact) mass is 332 g/mol. The molecule has 1 unspecified atom stereocenters. The van der Waals surface area contributed by atoms with E-state index in [-0.39, 0.29) is 17.0 Å². The molecular formula is C16H17FN4OS. The third kappa shape index (κ3) is 5.37. The van der Waals surface area contributed by atoms with E-state index >= 15 is 0 Å². The molecule has 1 heterocycles. The molecular weight excluding hydrogens is 315 g/mol. The van der Waals surface area contributed by atoms with E-state index in [4.69, 9.17) is 0 Å². The Morgan fingerprint density at radius 3 is 2.87 bits per heavy atom. The molecule has 1 atom stereocenters. The number of aromatic nitrogens is 3. The molecule has 0 aliphatic carbocycles. The van der Waals surface area contributed by atoms with Crippen LogP contribution in [0.4, 0.5) is 4.39 Å². The van der Waals surface area contributed by atoms with Gasteiger partial charge in [-0.3, -0.25) is 9.89 Å². The fourth-order valence-corrected chi connectivity index (χ4v) is 2.42. The smallest absolute Gasteiger partial charge is 0.233 e. The van der Waals surface area contributed by atoms with Gasteiger partial charge in [-0.05, 0) is 30.7 Å². The summed E-state index contributed by atoms with van der Waals surface area (Å²) in [6.45, 7) is 5.77. The van der Waals surface area contributed by atoms with Crippen LogP contribution in [-0.2, 0) is 4.79 Å². The van der Waals surface area contributed by atoms with Gasteiger partial charge in [0.1, 0.15) is 11.6 Å². The highest BCUT2D eigenvalue weighted by Crippen LogP contribution is 2.19. The highest BCUT2D eigenvalue weighted by molar-refractivity contribution is 8.00. The first-order valence-electron chi connectivity index (χ1n) is 7.00. The fraction of sp³-hybridized carbons (Fsp3) is 0.188. The topological polar surface area (TPSA) is 70.7 Å². The number of hydrogen-bond acceptors (Lipinski definition) is 4. The van der Waals surface area contributed by atoms with Gasteiger partial charge >= 0.3 is 0 Å². The van der Waals surface area contributed by atoms with Crippen molar-refractivity contribution in [2.24, 2.45) is 0 Å². The quantitative estimate of drug-likeness (QED) is 0.604. The van der Waals surface area contributed by atoms with Gasteiger partial charge in [0, 0.05) is 6.54 Å². The van der Waals surface area contributed by atoms with Crippen molar-refractivity contribution in [1.82, 2.24) is 20.5 Å². The lowest BCUT2D eigenvalue weighted by atomic mass is 10.2. The molecule has 0 radical (unpaired) electrons. The largest absolute Gasteiger partial charge is 0.352 e. The van der Waals surface area contributed by atoms with Crippen molar-refractivity contribution in [3.05, 3.63) is 54.1 Å². The lowest BCUT2D eigenvalue weighted by Gasteiger charge is -2.07. The molecule has 1 aromatic heterocycles. The Hall–Kier alpha value is -2.41.